The molecular formula is C25H28N6O. The zero-order chi connectivity index (χ0) is 22.3. The molecule has 0 saturated heterocycles. The minimum absolute atomic E-state index is 0.628. The molecule has 0 atom stereocenters. The molecular weight excluding hydrogens is 400 g/mol. The van der Waals surface area contributed by atoms with E-state index in [9.17, 15) is 0 Å². The molecule has 0 amide bonds. The van der Waals surface area contributed by atoms with Gasteiger partial charge in [0.05, 0.1) is 5.69 Å². The van der Waals surface area contributed by atoms with Crippen LogP contribution in [-0.4, -0.2) is 56.9 Å². The van der Waals surface area contributed by atoms with Crippen molar-refractivity contribution in [3.05, 3.63) is 78.6 Å². The summed E-state index contributed by atoms with van der Waals surface area (Å²) >= 11 is 0. The SMILES string of the molecule is CCn1cc(-c2ccnc(Cc3cccc(OCCN(C)C)c3)n2)c(-c2cccnc2)n1. The summed E-state index contributed by atoms with van der Waals surface area (Å²) in [4.78, 5) is 15.7. The van der Waals surface area contributed by atoms with Crippen molar-refractivity contribution in [1.82, 2.24) is 29.6 Å². The summed E-state index contributed by atoms with van der Waals surface area (Å²) in [5.74, 6) is 1.62. The highest BCUT2D eigenvalue weighted by atomic mass is 16.5. The van der Waals surface area contributed by atoms with Crippen LogP contribution in [-0.2, 0) is 13.0 Å². The molecule has 0 fully saturated rings. The Morgan fingerprint density at radius 3 is 2.75 bits per heavy atom. The molecule has 0 bridgehead atoms. The van der Waals surface area contributed by atoms with Crippen LogP contribution in [0, 0.1) is 0 Å². The van der Waals surface area contributed by atoms with Gasteiger partial charge in [0, 0.05) is 55.4 Å². The maximum atomic E-state index is 5.87. The van der Waals surface area contributed by atoms with Crippen molar-refractivity contribution in [3.63, 3.8) is 0 Å². The number of aromatic nitrogens is 5. The van der Waals surface area contributed by atoms with Crippen molar-refractivity contribution >= 4 is 0 Å². The summed E-state index contributed by atoms with van der Waals surface area (Å²) in [6, 6.07) is 14.0. The first-order chi connectivity index (χ1) is 15.6. The summed E-state index contributed by atoms with van der Waals surface area (Å²) < 4.78 is 7.79. The van der Waals surface area contributed by atoms with E-state index in [1.807, 2.05) is 67.7 Å². The molecule has 0 aliphatic heterocycles. The van der Waals surface area contributed by atoms with Gasteiger partial charge in [-0.15, -0.1) is 0 Å². The van der Waals surface area contributed by atoms with Gasteiger partial charge in [0.25, 0.3) is 0 Å². The van der Waals surface area contributed by atoms with Gasteiger partial charge in [-0.25, -0.2) is 9.97 Å². The minimum atomic E-state index is 0.628. The lowest BCUT2D eigenvalue weighted by Gasteiger charge is -2.11. The molecule has 0 saturated carbocycles. The first kappa shape index (κ1) is 21.6. The molecule has 0 N–H and O–H groups in total. The second kappa shape index (κ2) is 10.2. The maximum Gasteiger partial charge on any atom is 0.133 e. The summed E-state index contributed by atoms with van der Waals surface area (Å²) in [6.45, 7) is 4.38. The Kier molecular flexibility index (Phi) is 6.87. The molecule has 3 aromatic heterocycles. The van der Waals surface area contributed by atoms with E-state index in [2.05, 4.69) is 33.9 Å². The maximum absolute atomic E-state index is 5.87. The molecule has 0 unspecified atom stereocenters. The average Bonchev–Trinajstić information content (AvgIpc) is 3.25. The van der Waals surface area contributed by atoms with Gasteiger partial charge in [-0.05, 0) is 56.9 Å². The van der Waals surface area contributed by atoms with Gasteiger partial charge < -0.3 is 9.64 Å². The zero-order valence-electron chi connectivity index (χ0n) is 18.8. The molecule has 7 heteroatoms. The van der Waals surface area contributed by atoms with E-state index in [1.165, 1.54) is 0 Å². The van der Waals surface area contributed by atoms with Crippen molar-refractivity contribution in [2.24, 2.45) is 0 Å². The van der Waals surface area contributed by atoms with E-state index >= 15 is 0 Å². The third kappa shape index (κ3) is 5.36. The Balaban J connectivity index is 1.57. The molecule has 1 aromatic carbocycles. The van der Waals surface area contributed by atoms with Gasteiger partial charge in [-0.1, -0.05) is 12.1 Å². The lowest BCUT2D eigenvalue weighted by molar-refractivity contribution is 0.261. The van der Waals surface area contributed by atoms with Crippen molar-refractivity contribution in [3.8, 4) is 28.3 Å². The van der Waals surface area contributed by atoms with E-state index in [1.54, 1.807) is 6.20 Å². The summed E-state index contributed by atoms with van der Waals surface area (Å²) in [7, 11) is 4.07. The van der Waals surface area contributed by atoms with Crippen LogP contribution in [0.5, 0.6) is 5.75 Å². The second-order valence-electron chi connectivity index (χ2n) is 7.82. The van der Waals surface area contributed by atoms with Crippen LogP contribution in [0.4, 0.5) is 0 Å². The van der Waals surface area contributed by atoms with E-state index < -0.39 is 0 Å². The first-order valence-electron chi connectivity index (χ1n) is 10.8. The Labute approximate surface area is 188 Å². The molecule has 3 heterocycles. The topological polar surface area (TPSA) is 69.0 Å². The van der Waals surface area contributed by atoms with Crippen molar-refractivity contribution in [1.29, 1.82) is 0 Å². The molecule has 4 aromatic rings. The van der Waals surface area contributed by atoms with Crippen LogP contribution in [0.25, 0.3) is 22.5 Å². The summed E-state index contributed by atoms with van der Waals surface area (Å²) in [6.07, 6.45) is 8.07. The molecule has 7 nitrogen and oxygen atoms in total. The molecule has 0 aliphatic rings. The Morgan fingerprint density at radius 1 is 1.06 bits per heavy atom. The minimum Gasteiger partial charge on any atom is -0.492 e. The van der Waals surface area contributed by atoms with E-state index in [0.717, 1.165) is 52.7 Å². The first-order valence-corrected chi connectivity index (χ1v) is 10.8. The number of hydrogen-bond acceptors (Lipinski definition) is 6. The largest absolute Gasteiger partial charge is 0.492 e. The normalized spacial score (nSPS) is 11.1. The quantitative estimate of drug-likeness (QED) is 0.402. The van der Waals surface area contributed by atoms with Gasteiger partial charge >= 0.3 is 0 Å². The number of aryl methyl sites for hydroxylation is 1. The van der Waals surface area contributed by atoms with Crippen molar-refractivity contribution < 1.29 is 4.74 Å². The van der Waals surface area contributed by atoms with Crippen LogP contribution < -0.4 is 4.74 Å². The predicted molar refractivity (Wildman–Crippen MR) is 125 cm³/mol. The third-order valence-corrected chi connectivity index (χ3v) is 5.07. The third-order valence-electron chi connectivity index (χ3n) is 5.07. The van der Waals surface area contributed by atoms with E-state index in [0.29, 0.717) is 13.0 Å². The lowest BCUT2D eigenvalue weighted by atomic mass is 10.1. The molecule has 164 valence electrons. The summed E-state index contributed by atoms with van der Waals surface area (Å²) in [5, 5.41) is 4.74. The second-order valence-corrected chi connectivity index (χ2v) is 7.82. The number of rotatable bonds is 9. The Morgan fingerprint density at radius 2 is 1.97 bits per heavy atom. The number of ether oxygens (including phenoxy) is 1. The summed E-state index contributed by atoms with van der Waals surface area (Å²) in [5.41, 5.74) is 4.79. The number of pyridine rings is 1. The molecule has 0 radical (unpaired) electrons. The van der Waals surface area contributed by atoms with Crippen LogP contribution >= 0.6 is 0 Å². The molecule has 0 aliphatic carbocycles. The van der Waals surface area contributed by atoms with Crippen molar-refractivity contribution in [2.45, 2.75) is 19.9 Å². The fraction of sp³-hybridized carbons (Fsp3) is 0.280. The molecule has 0 spiro atoms. The highest BCUT2D eigenvalue weighted by molar-refractivity contribution is 5.78. The molecule has 32 heavy (non-hydrogen) atoms. The van der Waals surface area contributed by atoms with Gasteiger partial charge in [0.1, 0.15) is 23.9 Å². The fourth-order valence-electron chi connectivity index (χ4n) is 3.39. The van der Waals surface area contributed by atoms with Crippen LogP contribution in [0.15, 0.2) is 67.3 Å². The van der Waals surface area contributed by atoms with Gasteiger partial charge in [0.15, 0.2) is 0 Å². The number of nitrogens with zero attached hydrogens (tertiary/aromatic N) is 6. The predicted octanol–water partition coefficient (Wildman–Crippen LogP) is 3.95. The standard InChI is InChI=1S/C25H28N6O/c1-4-31-18-22(25(29-31)20-8-6-11-26-17-20)23-10-12-27-24(28-23)16-19-7-5-9-21(15-19)32-14-13-30(2)3/h5-12,15,17-18H,4,13-14,16H2,1-3H3. The average molecular weight is 429 g/mol. The highest BCUT2D eigenvalue weighted by Crippen LogP contribution is 2.29. The van der Waals surface area contributed by atoms with E-state index in [-0.39, 0.29) is 0 Å². The Hall–Kier alpha value is -3.58. The van der Waals surface area contributed by atoms with E-state index in [4.69, 9.17) is 14.8 Å². The number of hydrogen-bond donors (Lipinski definition) is 0. The smallest absolute Gasteiger partial charge is 0.133 e. The number of benzene rings is 1. The lowest BCUT2D eigenvalue weighted by Crippen LogP contribution is -2.19. The van der Waals surface area contributed by atoms with Gasteiger partial charge in [0.2, 0.25) is 0 Å². The van der Waals surface area contributed by atoms with Crippen LogP contribution in [0.3, 0.4) is 0 Å². The van der Waals surface area contributed by atoms with Gasteiger partial charge in [-0.2, -0.15) is 5.10 Å². The van der Waals surface area contributed by atoms with Gasteiger partial charge in [-0.3, -0.25) is 9.67 Å². The van der Waals surface area contributed by atoms with Crippen LogP contribution in [0.1, 0.15) is 18.3 Å². The van der Waals surface area contributed by atoms with Crippen molar-refractivity contribution in [2.75, 3.05) is 27.2 Å². The highest BCUT2D eigenvalue weighted by Gasteiger charge is 2.15. The fourth-order valence-corrected chi connectivity index (χ4v) is 3.39. The zero-order valence-corrected chi connectivity index (χ0v) is 18.8. The van der Waals surface area contributed by atoms with Crippen LogP contribution in [0.2, 0.25) is 0 Å². The number of likely N-dealkylation sites (N-methyl/N-ethyl adjacent to an activating group) is 1. The Bertz CT molecular complexity index is 1160. The molecule has 4 rings (SSSR count). The monoisotopic (exact) mass is 428 g/mol.